The minimum Gasteiger partial charge on any atom is -0.357 e. The highest BCUT2D eigenvalue weighted by atomic mass is 127. The van der Waals surface area contributed by atoms with Crippen molar-refractivity contribution >= 4 is 40.8 Å². The van der Waals surface area contributed by atoms with Gasteiger partial charge in [0.1, 0.15) is 0 Å². The molecule has 5 heteroatoms. The molecule has 0 aliphatic heterocycles. The number of nitrogens with zero attached hydrogens (tertiary/aromatic N) is 2. The number of hydrogen-bond acceptors (Lipinski definition) is 1. The highest BCUT2D eigenvalue weighted by molar-refractivity contribution is 14.0. The number of hydrogen-bond donors (Lipinski definition) is 2. The van der Waals surface area contributed by atoms with Crippen LogP contribution in [0.4, 0.5) is 0 Å². The van der Waals surface area contributed by atoms with Crippen LogP contribution in [0.1, 0.15) is 20.3 Å². The molecule has 4 nitrogen and oxygen atoms in total. The molecule has 0 spiro atoms. The molecule has 1 aromatic heterocycles. The van der Waals surface area contributed by atoms with Crippen molar-refractivity contribution in [3.8, 4) is 0 Å². The van der Waals surface area contributed by atoms with E-state index in [2.05, 4.69) is 70.6 Å². The smallest absolute Gasteiger partial charge is 0.191 e. The van der Waals surface area contributed by atoms with E-state index < -0.39 is 0 Å². The Bertz CT molecular complexity index is 554. The quantitative estimate of drug-likeness (QED) is 0.338. The molecular weight excluding hydrogens is 375 g/mol. The van der Waals surface area contributed by atoms with Crippen LogP contribution < -0.4 is 10.6 Å². The first-order valence-corrected chi connectivity index (χ1v) is 7.41. The maximum Gasteiger partial charge on any atom is 0.191 e. The maximum absolute atomic E-state index is 4.56. The lowest BCUT2D eigenvalue weighted by Crippen LogP contribution is -2.37. The molecule has 1 heterocycles. The van der Waals surface area contributed by atoms with Crippen LogP contribution in [0.3, 0.4) is 0 Å². The summed E-state index contributed by atoms with van der Waals surface area (Å²) < 4.78 is 2.30. The summed E-state index contributed by atoms with van der Waals surface area (Å²) in [7, 11) is 0. The van der Waals surface area contributed by atoms with Crippen LogP contribution in [-0.4, -0.2) is 30.2 Å². The first-order chi connectivity index (χ1) is 9.85. The highest BCUT2D eigenvalue weighted by Crippen LogP contribution is 2.15. The zero-order valence-electron chi connectivity index (χ0n) is 12.8. The number of para-hydroxylation sites is 1. The van der Waals surface area contributed by atoms with Gasteiger partial charge in [-0.15, -0.1) is 24.0 Å². The van der Waals surface area contributed by atoms with Crippen molar-refractivity contribution in [2.75, 3.05) is 19.6 Å². The fourth-order valence-electron chi connectivity index (χ4n) is 2.28. The van der Waals surface area contributed by atoms with Crippen molar-refractivity contribution in [3.05, 3.63) is 36.5 Å². The van der Waals surface area contributed by atoms with Gasteiger partial charge in [0, 0.05) is 37.9 Å². The molecule has 0 fully saturated rings. The number of fused-ring (bicyclic) bond motifs is 1. The molecule has 1 aromatic carbocycles. The third kappa shape index (κ3) is 5.22. The van der Waals surface area contributed by atoms with Gasteiger partial charge >= 0.3 is 0 Å². The number of halogens is 1. The van der Waals surface area contributed by atoms with Crippen LogP contribution in [-0.2, 0) is 6.54 Å². The van der Waals surface area contributed by atoms with Crippen molar-refractivity contribution in [1.82, 2.24) is 15.2 Å². The monoisotopic (exact) mass is 400 g/mol. The Balaban J connectivity index is 0.00000220. The Kier molecular flexibility index (Phi) is 8.19. The van der Waals surface area contributed by atoms with Crippen molar-refractivity contribution in [3.63, 3.8) is 0 Å². The van der Waals surface area contributed by atoms with Crippen LogP contribution in [0.2, 0.25) is 0 Å². The third-order valence-electron chi connectivity index (χ3n) is 3.20. The minimum atomic E-state index is 0. The van der Waals surface area contributed by atoms with Crippen LogP contribution in [0.5, 0.6) is 0 Å². The summed E-state index contributed by atoms with van der Waals surface area (Å²) in [5.41, 5.74) is 1.30. The number of aliphatic imine (C=N–C) groups is 1. The average molecular weight is 400 g/mol. The van der Waals surface area contributed by atoms with Crippen LogP contribution in [0.25, 0.3) is 10.9 Å². The Morgan fingerprint density at radius 1 is 1.10 bits per heavy atom. The lowest BCUT2D eigenvalue weighted by atomic mass is 10.2. The summed E-state index contributed by atoms with van der Waals surface area (Å²) in [4.78, 5) is 4.56. The second kappa shape index (κ2) is 9.65. The standard InChI is InChI=1S/C16H24N4.HI/c1-3-17-16(18-4-2)19-11-7-12-20-13-10-14-8-5-6-9-15(14)20;/h5-6,8-10,13H,3-4,7,11-12H2,1-2H3,(H2,17,18,19);1H. The molecule has 0 radical (unpaired) electrons. The first-order valence-electron chi connectivity index (χ1n) is 7.41. The highest BCUT2D eigenvalue weighted by Gasteiger charge is 1.99. The van der Waals surface area contributed by atoms with Gasteiger partial charge in [0.25, 0.3) is 0 Å². The lowest BCUT2D eigenvalue weighted by Gasteiger charge is -2.09. The summed E-state index contributed by atoms with van der Waals surface area (Å²) >= 11 is 0. The van der Waals surface area contributed by atoms with Gasteiger partial charge in [-0.1, -0.05) is 18.2 Å². The summed E-state index contributed by atoms with van der Waals surface area (Å²) in [6.45, 7) is 7.80. The second-order valence-electron chi connectivity index (χ2n) is 4.71. The number of aromatic nitrogens is 1. The van der Waals surface area contributed by atoms with E-state index in [0.29, 0.717) is 0 Å². The zero-order chi connectivity index (χ0) is 14.2. The number of guanidine groups is 1. The normalized spacial score (nSPS) is 10.0. The molecule has 2 aromatic rings. The Labute approximate surface area is 144 Å². The molecule has 0 aliphatic rings. The molecule has 0 unspecified atom stereocenters. The number of benzene rings is 1. The van der Waals surface area contributed by atoms with Crippen molar-refractivity contribution < 1.29 is 0 Å². The maximum atomic E-state index is 4.56. The Hall–Kier alpha value is -1.24. The van der Waals surface area contributed by atoms with E-state index in [1.807, 2.05) is 0 Å². The molecule has 2 rings (SSSR count). The van der Waals surface area contributed by atoms with E-state index in [-0.39, 0.29) is 24.0 Å². The zero-order valence-corrected chi connectivity index (χ0v) is 15.1. The van der Waals surface area contributed by atoms with E-state index in [0.717, 1.165) is 38.6 Å². The van der Waals surface area contributed by atoms with Crippen molar-refractivity contribution in [2.45, 2.75) is 26.8 Å². The van der Waals surface area contributed by atoms with Gasteiger partial charge in [-0.25, -0.2) is 0 Å². The Morgan fingerprint density at radius 3 is 2.52 bits per heavy atom. The molecule has 0 bridgehead atoms. The van der Waals surface area contributed by atoms with Crippen molar-refractivity contribution in [1.29, 1.82) is 0 Å². The molecule has 0 saturated carbocycles. The summed E-state index contributed by atoms with van der Waals surface area (Å²) in [6.07, 6.45) is 3.20. The topological polar surface area (TPSA) is 41.4 Å². The number of rotatable bonds is 6. The minimum absolute atomic E-state index is 0. The largest absolute Gasteiger partial charge is 0.357 e. The summed E-state index contributed by atoms with van der Waals surface area (Å²) in [5.74, 6) is 0.910. The molecule has 21 heavy (non-hydrogen) atoms. The second-order valence-corrected chi connectivity index (χ2v) is 4.71. The van der Waals surface area contributed by atoms with E-state index in [1.165, 1.54) is 10.9 Å². The molecule has 116 valence electrons. The molecular formula is C16H25IN4. The molecule has 0 atom stereocenters. The molecule has 0 saturated heterocycles. The van der Waals surface area contributed by atoms with E-state index in [1.54, 1.807) is 0 Å². The van der Waals surface area contributed by atoms with Gasteiger partial charge < -0.3 is 15.2 Å². The van der Waals surface area contributed by atoms with Crippen molar-refractivity contribution in [2.24, 2.45) is 4.99 Å². The third-order valence-corrected chi connectivity index (χ3v) is 3.20. The van der Waals surface area contributed by atoms with Crippen LogP contribution >= 0.6 is 24.0 Å². The first kappa shape index (κ1) is 17.8. The fraction of sp³-hybridized carbons (Fsp3) is 0.438. The molecule has 0 aliphatic carbocycles. The number of nitrogens with one attached hydrogen (secondary N) is 2. The van der Waals surface area contributed by atoms with E-state index >= 15 is 0 Å². The van der Waals surface area contributed by atoms with E-state index in [9.17, 15) is 0 Å². The van der Waals surface area contributed by atoms with Gasteiger partial charge in [0.2, 0.25) is 0 Å². The fourth-order valence-corrected chi connectivity index (χ4v) is 2.28. The predicted molar refractivity (Wildman–Crippen MR) is 102 cm³/mol. The lowest BCUT2D eigenvalue weighted by molar-refractivity contribution is 0.667. The summed E-state index contributed by atoms with van der Waals surface area (Å²) in [6, 6.07) is 10.7. The number of aryl methyl sites for hydroxylation is 1. The molecule has 2 N–H and O–H groups in total. The van der Waals surface area contributed by atoms with Crippen LogP contribution in [0.15, 0.2) is 41.5 Å². The van der Waals surface area contributed by atoms with Crippen LogP contribution in [0, 0.1) is 0 Å². The predicted octanol–water partition coefficient (Wildman–Crippen LogP) is 3.22. The van der Waals surface area contributed by atoms with Gasteiger partial charge in [0.05, 0.1) is 0 Å². The Morgan fingerprint density at radius 2 is 1.81 bits per heavy atom. The molecule has 0 amide bonds. The van der Waals surface area contributed by atoms with Gasteiger partial charge in [0.15, 0.2) is 5.96 Å². The average Bonchev–Trinajstić information content (AvgIpc) is 2.87. The summed E-state index contributed by atoms with van der Waals surface area (Å²) in [5, 5.41) is 7.78. The van der Waals surface area contributed by atoms with Gasteiger partial charge in [-0.2, -0.15) is 0 Å². The van der Waals surface area contributed by atoms with E-state index in [4.69, 9.17) is 0 Å². The van der Waals surface area contributed by atoms with Gasteiger partial charge in [-0.3, -0.25) is 4.99 Å². The van der Waals surface area contributed by atoms with Gasteiger partial charge in [-0.05, 0) is 37.8 Å². The SMILES string of the molecule is CCNC(=NCCCn1ccc2ccccc21)NCC.I.